The van der Waals surface area contributed by atoms with Gasteiger partial charge in [0.2, 0.25) is 0 Å². The van der Waals surface area contributed by atoms with Crippen molar-refractivity contribution in [3.63, 3.8) is 0 Å². The van der Waals surface area contributed by atoms with Gasteiger partial charge in [0.25, 0.3) is 0 Å². The number of esters is 4. The van der Waals surface area contributed by atoms with E-state index in [-0.39, 0.29) is 24.0 Å². The monoisotopic (exact) mass is 550 g/mol. The average molecular weight is 551 g/mol. The van der Waals surface area contributed by atoms with Crippen molar-refractivity contribution in [2.75, 3.05) is 0 Å². The minimum absolute atomic E-state index is 0.151. The molecule has 7 heteroatoms. The smallest absolute Gasteiger partial charge is 0.355 e. The number of ether oxygens (including phenoxy) is 3. The maximum atomic E-state index is 12.9. The maximum absolute atomic E-state index is 12.9. The van der Waals surface area contributed by atoms with E-state index in [4.69, 9.17) is 14.2 Å². The third-order valence-electron chi connectivity index (χ3n) is 6.56. The zero-order valence-electron chi connectivity index (χ0n) is 25.2. The van der Waals surface area contributed by atoms with Crippen molar-refractivity contribution in [2.45, 2.75) is 155 Å². The molecule has 0 aliphatic rings. The Bertz CT molecular complexity index is 694. The number of hydrogen-bond acceptors (Lipinski definition) is 7. The Morgan fingerprint density at radius 1 is 0.513 bits per heavy atom. The number of unbranched alkanes of at least 4 members (excludes halogenated alkanes) is 14. The normalized spacial score (nSPS) is 12.3. The fourth-order valence-electron chi connectivity index (χ4n) is 4.07. The first-order chi connectivity index (χ1) is 18.6. The van der Waals surface area contributed by atoms with Crippen LogP contribution in [-0.4, -0.2) is 36.1 Å². The zero-order valence-corrected chi connectivity index (χ0v) is 25.2. The Labute approximate surface area is 237 Å². The van der Waals surface area contributed by atoms with Crippen LogP contribution in [0.5, 0.6) is 0 Å². The van der Waals surface area contributed by atoms with Crippen LogP contribution in [0.4, 0.5) is 0 Å². The largest absolute Gasteiger partial charge is 0.447 e. The summed E-state index contributed by atoms with van der Waals surface area (Å²) in [5, 5.41) is 0. The lowest BCUT2D eigenvalue weighted by atomic mass is 10.1. The second kappa shape index (κ2) is 23.4. The Hall–Kier alpha value is -2.44. The summed E-state index contributed by atoms with van der Waals surface area (Å²) in [6.07, 6.45) is 15.1. The van der Waals surface area contributed by atoms with Gasteiger partial charge in [-0.15, -0.1) is 0 Å². The second-order valence-corrected chi connectivity index (χ2v) is 10.6. The molecule has 0 bridgehead atoms. The molecule has 0 aromatic heterocycles. The molecule has 0 rings (SSSR count). The lowest BCUT2D eigenvalue weighted by molar-refractivity contribution is -0.180. The van der Waals surface area contributed by atoms with Crippen molar-refractivity contribution >= 4 is 23.9 Å². The summed E-state index contributed by atoms with van der Waals surface area (Å²) in [7, 11) is 0. The summed E-state index contributed by atoms with van der Waals surface area (Å²) in [5.74, 6) is -3.34. The molecule has 0 aromatic carbocycles. The summed E-state index contributed by atoms with van der Waals surface area (Å²) >= 11 is 0. The van der Waals surface area contributed by atoms with Gasteiger partial charge in [0.1, 0.15) is 0 Å². The minimum atomic E-state index is -1.22. The molecule has 0 radical (unpaired) electrons. The Morgan fingerprint density at radius 3 is 1.08 bits per heavy atom. The van der Waals surface area contributed by atoms with E-state index in [0.717, 1.165) is 38.5 Å². The van der Waals surface area contributed by atoms with Crippen LogP contribution in [0.3, 0.4) is 0 Å². The van der Waals surface area contributed by atoms with Crippen LogP contribution in [0.2, 0.25) is 0 Å². The van der Waals surface area contributed by atoms with Crippen molar-refractivity contribution in [1.29, 1.82) is 0 Å². The topological polar surface area (TPSA) is 96.0 Å². The van der Waals surface area contributed by atoms with Gasteiger partial charge >= 0.3 is 23.9 Å². The van der Waals surface area contributed by atoms with E-state index >= 15 is 0 Å². The van der Waals surface area contributed by atoms with Gasteiger partial charge in [-0.3, -0.25) is 0 Å². The van der Waals surface area contributed by atoms with Gasteiger partial charge in [-0.05, 0) is 39.5 Å². The highest BCUT2D eigenvalue weighted by atomic mass is 16.6. The Morgan fingerprint density at radius 2 is 0.795 bits per heavy atom. The fraction of sp³-hybridized carbons (Fsp3) is 0.750. The molecule has 7 nitrogen and oxygen atoms in total. The van der Waals surface area contributed by atoms with Gasteiger partial charge in [-0.1, -0.05) is 117 Å². The Kier molecular flexibility index (Phi) is 22.0. The van der Waals surface area contributed by atoms with Crippen LogP contribution in [0.25, 0.3) is 0 Å². The molecule has 0 spiro atoms. The van der Waals surface area contributed by atoms with E-state index in [1.54, 1.807) is 0 Å². The van der Waals surface area contributed by atoms with E-state index in [9.17, 15) is 19.2 Å². The predicted octanol–water partition coefficient (Wildman–Crippen LogP) is 8.09. The van der Waals surface area contributed by atoms with E-state index in [0.29, 0.717) is 12.8 Å². The van der Waals surface area contributed by atoms with Crippen LogP contribution in [-0.2, 0) is 33.4 Å². The quantitative estimate of drug-likeness (QED) is 0.0394. The third-order valence-corrected chi connectivity index (χ3v) is 6.56. The second-order valence-electron chi connectivity index (χ2n) is 10.6. The standard InChI is InChI=1S/C32H54O7/c1-7-9-11-13-15-17-19-21-23-27(37-29(33)25(3)4)31(35)39-32(36)28(38-30(34)26(5)6)24-22-20-18-16-14-12-10-8-2/h27-28H,3,5,7-24H2,1-2,4,6H3. The highest BCUT2D eigenvalue weighted by molar-refractivity contribution is 5.95. The SMILES string of the molecule is C=C(C)C(=O)OC(CCCCCCCCCC)C(=O)OC(=O)C(CCCCCCCCCC)OC(=O)C(=C)C. The molecule has 224 valence electrons. The molecule has 39 heavy (non-hydrogen) atoms. The van der Waals surface area contributed by atoms with Gasteiger partial charge in [-0.25, -0.2) is 19.2 Å². The predicted molar refractivity (Wildman–Crippen MR) is 155 cm³/mol. The molecular weight excluding hydrogens is 496 g/mol. The lowest BCUT2D eigenvalue weighted by Crippen LogP contribution is -2.36. The van der Waals surface area contributed by atoms with Crippen molar-refractivity contribution in [2.24, 2.45) is 0 Å². The minimum Gasteiger partial charge on any atom is -0.447 e. The van der Waals surface area contributed by atoms with E-state index in [2.05, 4.69) is 27.0 Å². The molecular formula is C32H54O7. The van der Waals surface area contributed by atoms with E-state index < -0.39 is 36.1 Å². The molecule has 0 saturated heterocycles. The summed E-state index contributed by atoms with van der Waals surface area (Å²) in [6.45, 7) is 14.5. The van der Waals surface area contributed by atoms with Crippen molar-refractivity contribution in [3.8, 4) is 0 Å². The van der Waals surface area contributed by atoms with Crippen LogP contribution >= 0.6 is 0 Å². The maximum Gasteiger partial charge on any atom is 0.355 e. The van der Waals surface area contributed by atoms with Gasteiger partial charge in [-0.2, -0.15) is 0 Å². The van der Waals surface area contributed by atoms with Crippen LogP contribution in [0, 0.1) is 0 Å². The number of hydrogen-bond donors (Lipinski definition) is 0. The lowest BCUT2D eigenvalue weighted by Gasteiger charge is -2.19. The fourth-order valence-corrected chi connectivity index (χ4v) is 4.07. The molecule has 0 amide bonds. The average Bonchev–Trinajstić information content (AvgIpc) is 2.89. The molecule has 2 unspecified atom stereocenters. The van der Waals surface area contributed by atoms with Gasteiger partial charge in [0.05, 0.1) is 0 Å². The molecule has 0 saturated carbocycles. The highest BCUT2D eigenvalue weighted by Gasteiger charge is 2.31. The first-order valence-corrected chi connectivity index (χ1v) is 15.1. The molecule has 0 aliphatic carbocycles. The van der Waals surface area contributed by atoms with E-state index in [1.807, 2.05) is 0 Å². The zero-order chi connectivity index (χ0) is 29.5. The first-order valence-electron chi connectivity index (χ1n) is 15.1. The highest BCUT2D eigenvalue weighted by Crippen LogP contribution is 2.17. The third kappa shape index (κ3) is 19.3. The number of carbonyl (C=O) groups excluding carboxylic acids is 4. The van der Waals surface area contributed by atoms with Crippen molar-refractivity contribution in [1.82, 2.24) is 0 Å². The molecule has 0 N–H and O–H groups in total. The molecule has 0 fully saturated rings. The summed E-state index contributed by atoms with van der Waals surface area (Å²) in [5.41, 5.74) is 0.302. The number of rotatable bonds is 24. The number of carbonyl (C=O) groups is 4. The molecule has 2 atom stereocenters. The summed E-state index contributed by atoms with van der Waals surface area (Å²) in [4.78, 5) is 50.0. The van der Waals surface area contributed by atoms with Gasteiger partial charge in [0.15, 0.2) is 12.2 Å². The van der Waals surface area contributed by atoms with Crippen molar-refractivity contribution in [3.05, 3.63) is 24.3 Å². The van der Waals surface area contributed by atoms with Crippen LogP contribution < -0.4 is 0 Å². The molecule has 0 aliphatic heterocycles. The van der Waals surface area contributed by atoms with Crippen LogP contribution in [0.15, 0.2) is 24.3 Å². The Balaban J connectivity index is 4.98. The van der Waals surface area contributed by atoms with E-state index in [1.165, 1.54) is 65.2 Å². The summed E-state index contributed by atoms with van der Waals surface area (Å²) < 4.78 is 15.7. The van der Waals surface area contributed by atoms with Crippen LogP contribution in [0.1, 0.15) is 143 Å². The van der Waals surface area contributed by atoms with Gasteiger partial charge in [0, 0.05) is 11.1 Å². The van der Waals surface area contributed by atoms with Gasteiger partial charge < -0.3 is 14.2 Å². The summed E-state index contributed by atoms with van der Waals surface area (Å²) in [6, 6.07) is 0. The molecule has 0 aromatic rings. The first kappa shape index (κ1) is 36.6. The van der Waals surface area contributed by atoms with Crippen molar-refractivity contribution < 1.29 is 33.4 Å². The molecule has 0 heterocycles.